The van der Waals surface area contributed by atoms with Crippen LogP contribution >= 0.6 is 0 Å². The van der Waals surface area contributed by atoms with Gasteiger partial charge < -0.3 is 25.2 Å². The molecular formula is C26H33NO5. The van der Waals surface area contributed by atoms with Gasteiger partial charge in [0.15, 0.2) is 0 Å². The van der Waals surface area contributed by atoms with Gasteiger partial charge in [0, 0.05) is 13.2 Å². The van der Waals surface area contributed by atoms with Gasteiger partial charge in [0.2, 0.25) is 0 Å². The van der Waals surface area contributed by atoms with Crippen LogP contribution in [0.15, 0.2) is 54.6 Å². The van der Waals surface area contributed by atoms with Crippen molar-refractivity contribution in [1.29, 1.82) is 0 Å². The lowest BCUT2D eigenvalue weighted by Crippen LogP contribution is -2.62. The second-order valence-corrected chi connectivity index (χ2v) is 8.71. The minimum absolute atomic E-state index is 0.242. The molecule has 0 bridgehead atoms. The smallest absolute Gasteiger partial charge is 0.109 e. The summed E-state index contributed by atoms with van der Waals surface area (Å²) in [5.41, 5.74) is 1.19. The molecule has 3 aromatic carbocycles. The Bertz CT molecular complexity index is 1030. The SMILES string of the molecule is OC[C@H]1[C@@H](O)[C@H](O)[C@@H](O)CN1CCCCCOCc1cc2ccccc2c2ccccc12. The van der Waals surface area contributed by atoms with E-state index in [1.165, 1.54) is 27.1 Å². The van der Waals surface area contributed by atoms with E-state index in [1.54, 1.807) is 0 Å². The van der Waals surface area contributed by atoms with Crippen molar-refractivity contribution in [2.45, 2.75) is 50.2 Å². The number of likely N-dealkylation sites (tertiary alicyclic amines) is 1. The molecule has 32 heavy (non-hydrogen) atoms. The molecule has 1 fully saturated rings. The van der Waals surface area contributed by atoms with Crippen molar-refractivity contribution < 1.29 is 25.2 Å². The van der Waals surface area contributed by atoms with Gasteiger partial charge >= 0.3 is 0 Å². The van der Waals surface area contributed by atoms with E-state index in [-0.39, 0.29) is 13.2 Å². The van der Waals surface area contributed by atoms with E-state index in [2.05, 4.69) is 54.6 Å². The van der Waals surface area contributed by atoms with Gasteiger partial charge in [-0.25, -0.2) is 0 Å². The number of β-amino-alcohol motifs (C(OH)–C–C–N with tert-alkyl or cyclic N) is 1. The van der Waals surface area contributed by atoms with Crippen LogP contribution in [0.1, 0.15) is 24.8 Å². The van der Waals surface area contributed by atoms with Gasteiger partial charge in [0.25, 0.3) is 0 Å². The molecule has 1 saturated heterocycles. The van der Waals surface area contributed by atoms with E-state index in [0.717, 1.165) is 19.3 Å². The molecule has 1 heterocycles. The molecule has 4 N–H and O–H groups in total. The standard InChI is InChI=1S/C26H33NO5/c28-16-23-25(30)26(31)24(29)15-27(23)12-6-1-7-13-32-17-19-14-18-8-2-3-9-20(18)22-11-5-4-10-21(19)22/h2-5,8-11,14,23-26,28-31H,1,6-7,12-13,15-17H2/t23-,24-,25+,26+/m0/s1. The highest BCUT2D eigenvalue weighted by molar-refractivity contribution is 6.08. The first-order chi connectivity index (χ1) is 15.6. The number of nitrogens with zero attached hydrogens (tertiary/aromatic N) is 1. The molecule has 4 rings (SSSR count). The van der Waals surface area contributed by atoms with Crippen molar-refractivity contribution in [3.63, 3.8) is 0 Å². The highest BCUT2D eigenvalue weighted by Crippen LogP contribution is 2.29. The number of aliphatic hydroxyl groups is 4. The van der Waals surface area contributed by atoms with E-state index in [4.69, 9.17) is 4.74 Å². The lowest BCUT2D eigenvalue weighted by molar-refractivity contribution is -0.145. The van der Waals surface area contributed by atoms with Crippen LogP contribution in [-0.2, 0) is 11.3 Å². The quantitative estimate of drug-likeness (QED) is 0.302. The van der Waals surface area contributed by atoms with Crippen molar-refractivity contribution in [2.24, 2.45) is 0 Å². The van der Waals surface area contributed by atoms with Gasteiger partial charge in [-0.1, -0.05) is 48.5 Å². The summed E-state index contributed by atoms with van der Waals surface area (Å²) in [6.07, 6.45) is -0.604. The zero-order chi connectivity index (χ0) is 22.5. The Morgan fingerprint density at radius 1 is 0.844 bits per heavy atom. The molecule has 0 spiro atoms. The van der Waals surface area contributed by atoms with Crippen LogP contribution in [0.2, 0.25) is 0 Å². The van der Waals surface area contributed by atoms with Crippen molar-refractivity contribution in [3.05, 3.63) is 60.2 Å². The lowest BCUT2D eigenvalue weighted by Gasteiger charge is -2.43. The highest BCUT2D eigenvalue weighted by atomic mass is 16.5. The molecule has 1 aliphatic heterocycles. The topological polar surface area (TPSA) is 93.4 Å². The van der Waals surface area contributed by atoms with Gasteiger partial charge in [-0.2, -0.15) is 0 Å². The Morgan fingerprint density at radius 2 is 1.56 bits per heavy atom. The van der Waals surface area contributed by atoms with Gasteiger partial charge in [-0.15, -0.1) is 0 Å². The summed E-state index contributed by atoms with van der Waals surface area (Å²) in [7, 11) is 0. The van der Waals surface area contributed by atoms with Crippen LogP contribution in [0.4, 0.5) is 0 Å². The molecule has 6 nitrogen and oxygen atoms in total. The maximum Gasteiger partial charge on any atom is 0.109 e. The number of aliphatic hydroxyl groups excluding tert-OH is 4. The average Bonchev–Trinajstić information content (AvgIpc) is 2.82. The van der Waals surface area contributed by atoms with Gasteiger partial charge in [-0.05, 0) is 59.0 Å². The van der Waals surface area contributed by atoms with Gasteiger partial charge in [0.1, 0.15) is 12.2 Å². The average molecular weight is 440 g/mol. The predicted octanol–water partition coefficient (Wildman–Crippen LogP) is 2.44. The molecule has 172 valence electrons. The first-order valence-corrected chi connectivity index (χ1v) is 11.5. The Balaban J connectivity index is 1.25. The minimum atomic E-state index is -1.21. The molecule has 0 aromatic heterocycles. The minimum Gasteiger partial charge on any atom is -0.395 e. The summed E-state index contributed by atoms with van der Waals surface area (Å²) in [5, 5.41) is 44.3. The maximum absolute atomic E-state index is 10.1. The predicted molar refractivity (Wildman–Crippen MR) is 125 cm³/mol. The van der Waals surface area contributed by atoms with E-state index in [9.17, 15) is 20.4 Å². The Morgan fingerprint density at radius 3 is 2.34 bits per heavy atom. The summed E-state index contributed by atoms with van der Waals surface area (Å²) in [6.45, 7) is 1.90. The molecule has 0 saturated carbocycles. The Kier molecular flexibility index (Phi) is 7.73. The van der Waals surface area contributed by atoms with Crippen molar-refractivity contribution in [1.82, 2.24) is 4.90 Å². The molecule has 0 radical (unpaired) electrons. The third-order valence-corrected chi connectivity index (χ3v) is 6.56. The first kappa shape index (κ1) is 23.1. The zero-order valence-corrected chi connectivity index (χ0v) is 18.3. The molecule has 3 aromatic rings. The van der Waals surface area contributed by atoms with Crippen LogP contribution < -0.4 is 0 Å². The fraction of sp³-hybridized carbons (Fsp3) is 0.462. The molecule has 0 aliphatic carbocycles. The highest BCUT2D eigenvalue weighted by Gasteiger charge is 2.40. The Hall–Kier alpha value is -2.06. The fourth-order valence-corrected chi connectivity index (χ4v) is 4.76. The van der Waals surface area contributed by atoms with Crippen molar-refractivity contribution in [3.8, 4) is 0 Å². The number of unbranched alkanes of at least 4 members (excludes halogenated alkanes) is 2. The van der Waals surface area contributed by atoms with Crippen molar-refractivity contribution >= 4 is 21.5 Å². The molecule has 0 unspecified atom stereocenters. The number of fused-ring (bicyclic) bond motifs is 3. The largest absolute Gasteiger partial charge is 0.395 e. The van der Waals surface area contributed by atoms with Gasteiger partial charge in [-0.3, -0.25) is 4.90 Å². The van der Waals surface area contributed by atoms with E-state index < -0.39 is 24.4 Å². The van der Waals surface area contributed by atoms with Crippen LogP contribution in [0.3, 0.4) is 0 Å². The van der Waals surface area contributed by atoms with E-state index in [0.29, 0.717) is 19.8 Å². The van der Waals surface area contributed by atoms with E-state index in [1.807, 2.05) is 4.90 Å². The number of rotatable bonds is 9. The number of hydrogen-bond acceptors (Lipinski definition) is 6. The molecule has 0 amide bonds. The zero-order valence-electron chi connectivity index (χ0n) is 18.3. The van der Waals surface area contributed by atoms with E-state index >= 15 is 0 Å². The van der Waals surface area contributed by atoms with Crippen LogP contribution in [-0.4, -0.2) is 76.0 Å². The summed E-state index contributed by atoms with van der Waals surface area (Å²) in [6, 6.07) is 18.5. The second-order valence-electron chi connectivity index (χ2n) is 8.71. The third-order valence-electron chi connectivity index (χ3n) is 6.56. The normalized spacial score (nSPS) is 24.4. The summed E-state index contributed by atoms with van der Waals surface area (Å²) >= 11 is 0. The molecule has 4 atom stereocenters. The summed E-state index contributed by atoms with van der Waals surface area (Å²) in [5.74, 6) is 0. The third kappa shape index (κ3) is 4.96. The summed E-state index contributed by atoms with van der Waals surface area (Å²) in [4.78, 5) is 1.87. The number of benzene rings is 3. The summed E-state index contributed by atoms with van der Waals surface area (Å²) < 4.78 is 5.99. The molecule has 1 aliphatic rings. The lowest BCUT2D eigenvalue weighted by atomic mass is 9.94. The second kappa shape index (κ2) is 10.7. The number of piperidine rings is 1. The monoisotopic (exact) mass is 439 g/mol. The maximum atomic E-state index is 10.1. The van der Waals surface area contributed by atoms with Crippen molar-refractivity contribution in [2.75, 3.05) is 26.3 Å². The van der Waals surface area contributed by atoms with Gasteiger partial charge in [0.05, 0.1) is 25.4 Å². The molecule has 6 heteroatoms. The van der Waals surface area contributed by atoms with Crippen LogP contribution in [0, 0.1) is 0 Å². The molecular weight excluding hydrogens is 406 g/mol. The number of hydrogen-bond donors (Lipinski definition) is 4. The number of ether oxygens (including phenoxy) is 1. The van der Waals surface area contributed by atoms with Crippen LogP contribution in [0.25, 0.3) is 21.5 Å². The first-order valence-electron chi connectivity index (χ1n) is 11.5. The van der Waals surface area contributed by atoms with Crippen LogP contribution in [0.5, 0.6) is 0 Å². The Labute approximate surface area is 188 Å². The fourth-order valence-electron chi connectivity index (χ4n) is 4.76.